The summed E-state index contributed by atoms with van der Waals surface area (Å²) in [4.78, 5) is 6.64. The van der Waals surface area contributed by atoms with E-state index in [1.807, 2.05) is 6.92 Å². The summed E-state index contributed by atoms with van der Waals surface area (Å²) < 4.78 is 25.9. The first kappa shape index (κ1) is 12.5. The van der Waals surface area contributed by atoms with E-state index >= 15 is 0 Å². The average molecular weight is 259 g/mol. The van der Waals surface area contributed by atoms with Gasteiger partial charge in [-0.1, -0.05) is 6.92 Å². The van der Waals surface area contributed by atoms with Gasteiger partial charge in [-0.05, 0) is 18.8 Å². The van der Waals surface area contributed by atoms with E-state index in [2.05, 4.69) is 9.97 Å². The lowest BCUT2D eigenvalue weighted by Crippen LogP contribution is -2.29. The number of nitrogens with zero attached hydrogens (tertiary/aromatic N) is 2. The van der Waals surface area contributed by atoms with Crippen LogP contribution in [-0.2, 0) is 10.0 Å². The summed E-state index contributed by atoms with van der Waals surface area (Å²) >= 11 is 0. The number of aliphatic hydroxyl groups is 1. The van der Waals surface area contributed by atoms with Crippen LogP contribution in [0.3, 0.4) is 0 Å². The Kier molecular flexibility index (Phi) is 3.24. The summed E-state index contributed by atoms with van der Waals surface area (Å²) in [6.07, 6.45) is 1.33. The molecule has 2 rings (SSSR count). The molecule has 0 unspecified atom stereocenters. The van der Waals surface area contributed by atoms with Crippen LogP contribution in [0.4, 0.5) is 0 Å². The van der Waals surface area contributed by atoms with E-state index in [0.29, 0.717) is 18.9 Å². The van der Waals surface area contributed by atoms with Gasteiger partial charge in [-0.3, -0.25) is 0 Å². The number of imidazole rings is 1. The Balaban J connectivity index is 2.23. The number of H-pyrrole nitrogens is 1. The van der Waals surface area contributed by atoms with Crippen molar-refractivity contribution in [3.63, 3.8) is 0 Å². The third-order valence-corrected chi connectivity index (χ3v) is 5.01. The summed E-state index contributed by atoms with van der Waals surface area (Å²) in [5.41, 5.74) is 0. The van der Waals surface area contributed by atoms with Crippen LogP contribution in [-0.4, -0.2) is 47.5 Å². The monoisotopic (exact) mass is 259 g/mol. The predicted molar refractivity (Wildman–Crippen MR) is 61.8 cm³/mol. The first-order chi connectivity index (χ1) is 7.95. The van der Waals surface area contributed by atoms with Gasteiger partial charge in [0.1, 0.15) is 5.82 Å². The fourth-order valence-electron chi connectivity index (χ4n) is 2.09. The predicted octanol–water partition coefficient (Wildman–Crippen LogP) is -0.0330. The molecule has 96 valence electrons. The highest BCUT2D eigenvalue weighted by Gasteiger charge is 2.37. The summed E-state index contributed by atoms with van der Waals surface area (Å²) in [7, 11) is -3.49. The molecule has 0 aromatic carbocycles. The molecular weight excluding hydrogens is 242 g/mol. The Bertz CT molecular complexity index is 497. The maximum atomic E-state index is 12.2. The summed E-state index contributed by atoms with van der Waals surface area (Å²) in [6, 6.07) is 0. The largest absolute Gasteiger partial charge is 0.396 e. The topological polar surface area (TPSA) is 86.3 Å². The molecule has 1 aromatic rings. The Hall–Kier alpha value is -0.920. The molecule has 6 nitrogen and oxygen atoms in total. The second-order valence-electron chi connectivity index (χ2n) is 4.57. The zero-order chi connectivity index (χ0) is 12.6. The minimum atomic E-state index is -3.49. The lowest BCUT2D eigenvalue weighted by molar-refractivity contribution is 0.210. The van der Waals surface area contributed by atoms with Crippen LogP contribution in [0, 0.1) is 18.8 Å². The second kappa shape index (κ2) is 4.40. The fraction of sp³-hybridized carbons (Fsp3) is 0.700. The van der Waals surface area contributed by atoms with Gasteiger partial charge in [-0.15, -0.1) is 0 Å². The first-order valence-corrected chi connectivity index (χ1v) is 7.01. The van der Waals surface area contributed by atoms with Gasteiger partial charge in [0.05, 0.1) is 6.20 Å². The van der Waals surface area contributed by atoms with E-state index in [1.165, 1.54) is 10.5 Å². The zero-order valence-corrected chi connectivity index (χ0v) is 10.7. The van der Waals surface area contributed by atoms with Crippen LogP contribution in [0.15, 0.2) is 11.2 Å². The summed E-state index contributed by atoms with van der Waals surface area (Å²) in [6.45, 7) is 4.51. The van der Waals surface area contributed by atoms with Gasteiger partial charge in [0.25, 0.3) is 10.0 Å². The zero-order valence-electron chi connectivity index (χ0n) is 9.92. The van der Waals surface area contributed by atoms with Crippen LogP contribution in [0.25, 0.3) is 0 Å². The minimum Gasteiger partial charge on any atom is -0.396 e. The molecule has 0 aliphatic carbocycles. The molecule has 0 amide bonds. The number of aliphatic hydroxyl groups excluding tert-OH is 1. The fourth-order valence-corrected chi connectivity index (χ4v) is 3.65. The molecule has 1 aliphatic rings. The number of aromatic amines is 1. The molecule has 1 aromatic heterocycles. The summed E-state index contributed by atoms with van der Waals surface area (Å²) in [5, 5.41) is 9.28. The van der Waals surface area contributed by atoms with Gasteiger partial charge >= 0.3 is 0 Å². The molecular formula is C10H17N3O3S. The molecule has 1 fully saturated rings. The van der Waals surface area contributed by atoms with Crippen molar-refractivity contribution in [2.75, 3.05) is 19.7 Å². The van der Waals surface area contributed by atoms with Crippen molar-refractivity contribution in [2.24, 2.45) is 11.8 Å². The highest BCUT2D eigenvalue weighted by molar-refractivity contribution is 7.89. The summed E-state index contributed by atoms with van der Waals surface area (Å²) in [5.74, 6) is 0.780. The van der Waals surface area contributed by atoms with Gasteiger partial charge < -0.3 is 10.1 Å². The molecule has 2 heterocycles. The molecule has 1 aliphatic heterocycles. The van der Waals surface area contributed by atoms with Crippen LogP contribution < -0.4 is 0 Å². The van der Waals surface area contributed by atoms with Crippen molar-refractivity contribution < 1.29 is 13.5 Å². The standard InChI is InChI=1S/C10H17N3O3S/c1-7-4-13(5-9(7)6-14)17(15,16)10-3-11-8(2)12-10/h3,7,9,14H,4-6H2,1-2H3,(H,11,12)/t7-,9+/m1/s1. The lowest BCUT2D eigenvalue weighted by Gasteiger charge is -2.14. The van der Waals surface area contributed by atoms with Crippen LogP contribution in [0.2, 0.25) is 0 Å². The van der Waals surface area contributed by atoms with Gasteiger partial charge in [0.2, 0.25) is 0 Å². The maximum Gasteiger partial charge on any atom is 0.260 e. The maximum absolute atomic E-state index is 12.2. The van der Waals surface area contributed by atoms with Crippen molar-refractivity contribution in [2.45, 2.75) is 18.9 Å². The van der Waals surface area contributed by atoms with E-state index in [1.54, 1.807) is 6.92 Å². The number of nitrogens with one attached hydrogen (secondary N) is 1. The number of sulfonamides is 1. The number of hydrogen-bond acceptors (Lipinski definition) is 4. The van der Waals surface area contributed by atoms with Gasteiger partial charge in [0, 0.05) is 19.7 Å². The molecule has 0 bridgehead atoms. The molecule has 0 saturated carbocycles. The Morgan fingerprint density at radius 1 is 1.59 bits per heavy atom. The number of hydrogen-bond donors (Lipinski definition) is 2. The normalized spacial score (nSPS) is 26.5. The highest BCUT2D eigenvalue weighted by Crippen LogP contribution is 2.27. The smallest absolute Gasteiger partial charge is 0.260 e. The average Bonchev–Trinajstić information content (AvgIpc) is 2.85. The number of aromatic nitrogens is 2. The Morgan fingerprint density at radius 3 is 2.76 bits per heavy atom. The first-order valence-electron chi connectivity index (χ1n) is 5.57. The Morgan fingerprint density at radius 2 is 2.29 bits per heavy atom. The van der Waals surface area contributed by atoms with Crippen molar-refractivity contribution >= 4 is 10.0 Å². The number of aryl methyl sites for hydroxylation is 1. The van der Waals surface area contributed by atoms with Gasteiger partial charge in [0.15, 0.2) is 5.03 Å². The Labute approximate surface area is 101 Å². The van der Waals surface area contributed by atoms with E-state index in [4.69, 9.17) is 5.11 Å². The van der Waals surface area contributed by atoms with Crippen LogP contribution >= 0.6 is 0 Å². The molecule has 17 heavy (non-hydrogen) atoms. The van der Waals surface area contributed by atoms with E-state index in [0.717, 1.165) is 0 Å². The molecule has 2 N–H and O–H groups in total. The number of rotatable bonds is 3. The molecule has 0 radical (unpaired) electrons. The van der Waals surface area contributed by atoms with E-state index in [9.17, 15) is 8.42 Å². The molecule has 2 atom stereocenters. The van der Waals surface area contributed by atoms with Crippen LogP contribution in [0.5, 0.6) is 0 Å². The second-order valence-corrected chi connectivity index (χ2v) is 6.48. The third kappa shape index (κ3) is 2.22. The lowest BCUT2D eigenvalue weighted by atomic mass is 10.00. The van der Waals surface area contributed by atoms with Gasteiger partial charge in [-0.2, -0.15) is 4.31 Å². The van der Waals surface area contributed by atoms with E-state index in [-0.39, 0.29) is 23.5 Å². The molecule has 1 saturated heterocycles. The molecule has 0 spiro atoms. The molecule has 7 heteroatoms. The van der Waals surface area contributed by atoms with Crippen LogP contribution in [0.1, 0.15) is 12.7 Å². The van der Waals surface area contributed by atoms with E-state index < -0.39 is 10.0 Å². The van der Waals surface area contributed by atoms with Crippen molar-refractivity contribution in [3.8, 4) is 0 Å². The SMILES string of the molecule is Cc1ncc(S(=O)(=O)N2C[C@@H](CO)[C@H](C)C2)[nH]1. The van der Waals surface area contributed by atoms with Crippen molar-refractivity contribution in [1.29, 1.82) is 0 Å². The van der Waals surface area contributed by atoms with Crippen molar-refractivity contribution in [3.05, 3.63) is 12.0 Å². The quantitative estimate of drug-likeness (QED) is 0.798. The third-order valence-electron chi connectivity index (χ3n) is 3.27. The van der Waals surface area contributed by atoms with Gasteiger partial charge in [-0.25, -0.2) is 13.4 Å². The highest BCUT2D eigenvalue weighted by atomic mass is 32.2. The minimum absolute atomic E-state index is 0.0220. The van der Waals surface area contributed by atoms with Crippen molar-refractivity contribution in [1.82, 2.24) is 14.3 Å².